The van der Waals surface area contributed by atoms with Crippen molar-refractivity contribution in [1.82, 2.24) is 15.1 Å². The van der Waals surface area contributed by atoms with Gasteiger partial charge in [-0.1, -0.05) is 0 Å². The van der Waals surface area contributed by atoms with Crippen LogP contribution in [0.1, 0.15) is 36.2 Å². The fourth-order valence-electron chi connectivity index (χ4n) is 2.66. The summed E-state index contributed by atoms with van der Waals surface area (Å²) in [6, 6.07) is 3.18. The first-order chi connectivity index (χ1) is 10.2. The number of hydrogen-bond donors (Lipinski definition) is 1. The Morgan fingerprint density at radius 2 is 2.05 bits per heavy atom. The van der Waals surface area contributed by atoms with Crippen LogP contribution in [0.5, 0.6) is 0 Å². The molecule has 1 aromatic heterocycles. The van der Waals surface area contributed by atoms with Gasteiger partial charge < -0.3 is 10.1 Å². The average Bonchev–Trinajstić information content (AvgIpc) is 3.37. The minimum Gasteiger partial charge on any atom is -0.383 e. The lowest BCUT2D eigenvalue weighted by molar-refractivity contribution is 0.0917. The van der Waals surface area contributed by atoms with Crippen molar-refractivity contribution in [1.29, 1.82) is 0 Å². The summed E-state index contributed by atoms with van der Waals surface area (Å²) < 4.78 is 6.22. The molecule has 21 heavy (non-hydrogen) atoms. The number of nitrogens with one attached hydrogen (secondary N) is 1. The van der Waals surface area contributed by atoms with Crippen LogP contribution in [-0.2, 0) is 11.3 Å². The van der Waals surface area contributed by atoms with E-state index in [1.54, 1.807) is 7.11 Å². The van der Waals surface area contributed by atoms with Gasteiger partial charge in [0.1, 0.15) is 5.69 Å². The highest BCUT2D eigenvalue weighted by Gasteiger charge is 2.42. The Morgan fingerprint density at radius 1 is 1.38 bits per heavy atom. The lowest BCUT2D eigenvalue weighted by atomic mass is 10.1. The van der Waals surface area contributed by atoms with Gasteiger partial charge in [-0.15, -0.1) is 0 Å². The van der Waals surface area contributed by atoms with Gasteiger partial charge in [-0.05, 0) is 43.6 Å². The lowest BCUT2D eigenvalue weighted by Gasteiger charge is -2.17. The van der Waals surface area contributed by atoms with Crippen LogP contribution in [0.25, 0.3) is 0 Å². The van der Waals surface area contributed by atoms with Crippen LogP contribution < -0.4 is 10.9 Å². The molecule has 0 radical (unpaired) electrons. The molecule has 6 nitrogen and oxygen atoms in total. The van der Waals surface area contributed by atoms with E-state index in [1.807, 2.05) is 0 Å². The van der Waals surface area contributed by atoms with Gasteiger partial charge in [0.2, 0.25) is 0 Å². The van der Waals surface area contributed by atoms with Gasteiger partial charge in [-0.25, -0.2) is 4.68 Å². The van der Waals surface area contributed by atoms with Crippen molar-refractivity contribution in [2.75, 3.05) is 13.7 Å². The fraction of sp³-hybridized carbons (Fsp3) is 0.667. The summed E-state index contributed by atoms with van der Waals surface area (Å²) >= 11 is 0. The van der Waals surface area contributed by atoms with Crippen molar-refractivity contribution in [2.24, 2.45) is 11.8 Å². The average molecular weight is 291 g/mol. The third-order valence-electron chi connectivity index (χ3n) is 4.16. The summed E-state index contributed by atoms with van der Waals surface area (Å²) in [5, 5.41) is 7.25. The molecule has 1 heterocycles. The summed E-state index contributed by atoms with van der Waals surface area (Å²) in [6.45, 7) is 0.746. The Morgan fingerprint density at radius 3 is 2.62 bits per heavy atom. The van der Waals surface area contributed by atoms with E-state index in [-0.39, 0.29) is 11.5 Å². The molecule has 1 aromatic rings. The molecule has 0 atom stereocenters. The molecular weight excluding hydrogens is 270 g/mol. The number of rotatable bonds is 7. The van der Waals surface area contributed by atoms with Gasteiger partial charge >= 0.3 is 0 Å². The molecule has 114 valence electrons. The highest BCUT2D eigenvalue weighted by molar-refractivity contribution is 5.92. The number of amides is 1. The largest absolute Gasteiger partial charge is 0.383 e. The Labute approximate surface area is 123 Å². The van der Waals surface area contributed by atoms with Gasteiger partial charge in [0, 0.05) is 19.2 Å². The lowest BCUT2D eigenvalue weighted by Crippen LogP contribution is -2.39. The van der Waals surface area contributed by atoms with Gasteiger partial charge in [-0.2, -0.15) is 5.10 Å². The quantitative estimate of drug-likeness (QED) is 0.807. The van der Waals surface area contributed by atoms with Crippen LogP contribution in [-0.4, -0.2) is 35.4 Å². The van der Waals surface area contributed by atoms with E-state index >= 15 is 0 Å². The second-order valence-electron chi connectivity index (χ2n) is 5.95. The molecule has 3 rings (SSSR count). The summed E-state index contributed by atoms with van der Waals surface area (Å²) in [5.74, 6) is 1.10. The van der Waals surface area contributed by atoms with Crippen molar-refractivity contribution in [3.8, 4) is 0 Å². The zero-order chi connectivity index (χ0) is 14.8. The van der Waals surface area contributed by atoms with Crippen LogP contribution >= 0.6 is 0 Å². The molecule has 2 aliphatic carbocycles. The van der Waals surface area contributed by atoms with Crippen molar-refractivity contribution in [3.63, 3.8) is 0 Å². The third kappa shape index (κ3) is 3.50. The molecule has 0 bridgehead atoms. The van der Waals surface area contributed by atoms with Crippen LogP contribution in [0.3, 0.4) is 0 Å². The Hall–Kier alpha value is -1.69. The zero-order valence-electron chi connectivity index (χ0n) is 12.2. The van der Waals surface area contributed by atoms with E-state index in [4.69, 9.17) is 4.74 Å². The molecule has 2 fully saturated rings. The number of aromatic nitrogens is 2. The van der Waals surface area contributed by atoms with E-state index in [0.717, 1.165) is 0 Å². The molecule has 1 N–H and O–H groups in total. The van der Waals surface area contributed by atoms with E-state index in [2.05, 4.69) is 10.4 Å². The maximum absolute atomic E-state index is 12.3. The molecule has 6 heteroatoms. The Balaban J connectivity index is 1.69. The molecular formula is C15H21N3O3. The van der Waals surface area contributed by atoms with Crippen molar-refractivity contribution < 1.29 is 9.53 Å². The summed E-state index contributed by atoms with van der Waals surface area (Å²) in [4.78, 5) is 24.0. The molecule has 0 spiro atoms. The highest BCUT2D eigenvalue weighted by atomic mass is 16.5. The normalized spacial score (nSPS) is 18.0. The SMILES string of the molecule is COCCn1nc(C(=O)NC(C2CC2)C2CC2)ccc1=O. The van der Waals surface area contributed by atoms with Gasteiger partial charge in [-0.3, -0.25) is 9.59 Å². The van der Waals surface area contributed by atoms with Crippen LogP contribution in [0, 0.1) is 11.8 Å². The number of carbonyl (C=O) groups is 1. The van der Waals surface area contributed by atoms with E-state index in [9.17, 15) is 9.59 Å². The maximum Gasteiger partial charge on any atom is 0.271 e. The molecule has 2 saturated carbocycles. The minimum absolute atomic E-state index is 0.176. The standard InChI is InChI=1S/C15H21N3O3/c1-21-9-8-18-13(19)7-6-12(17-18)15(20)16-14(10-2-3-10)11-4-5-11/h6-7,10-11,14H,2-5,8-9H2,1H3,(H,16,20). The van der Waals surface area contributed by atoms with Crippen LogP contribution in [0.4, 0.5) is 0 Å². The number of nitrogens with zero attached hydrogens (tertiary/aromatic N) is 2. The summed E-state index contributed by atoms with van der Waals surface area (Å²) in [7, 11) is 1.57. The Kier molecular flexibility index (Phi) is 4.05. The van der Waals surface area contributed by atoms with Crippen molar-refractivity contribution in [2.45, 2.75) is 38.3 Å². The third-order valence-corrected chi connectivity index (χ3v) is 4.16. The van der Waals surface area contributed by atoms with Crippen LogP contribution in [0.2, 0.25) is 0 Å². The first-order valence-corrected chi connectivity index (χ1v) is 7.57. The second-order valence-corrected chi connectivity index (χ2v) is 5.95. The Bertz CT molecular complexity index is 564. The van der Waals surface area contributed by atoms with E-state index in [0.29, 0.717) is 36.7 Å². The van der Waals surface area contributed by atoms with Gasteiger partial charge in [0.25, 0.3) is 11.5 Å². The van der Waals surface area contributed by atoms with E-state index in [1.165, 1.54) is 42.5 Å². The fourth-order valence-corrected chi connectivity index (χ4v) is 2.66. The maximum atomic E-state index is 12.3. The number of hydrogen-bond acceptors (Lipinski definition) is 4. The molecule has 0 aliphatic heterocycles. The summed E-state index contributed by atoms with van der Waals surface area (Å²) in [5.41, 5.74) is 0.0848. The molecule has 2 aliphatic rings. The predicted octanol–water partition coefficient (Wildman–Crippen LogP) is 0.808. The van der Waals surface area contributed by atoms with Crippen molar-refractivity contribution >= 4 is 5.91 Å². The molecule has 0 unspecified atom stereocenters. The topological polar surface area (TPSA) is 73.2 Å². The predicted molar refractivity (Wildman–Crippen MR) is 77.1 cm³/mol. The highest BCUT2D eigenvalue weighted by Crippen LogP contribution is 2.44. The first-order valence-electron chi connectivity index (χ1n) is 7.57. The molecule has 0 aromatic carbocycles. The van der Waals surface area contributed by atoms with Crippen molar-refractivity contribution in [3.05, 3.63) is 28.2 Å². The van der Waals surface area contributed by atoms with E-state index < -0.39 is 0 Å². The van der Waals surface area contributed by atoms with Gasteiger partial charge in [0.05, 0.1) is 13.2 Å². The minimum atomic E-state index is -0.218. The molecule has 1 amide bonds. The number of methoxy groups -OCH3 is 1. The smallest absolute Gasteiger partial charge is 0.271 e. The monoisotopic (exact) mass is 291 g/mol. The zero-order valence-corrected chi connectivity index (χ0v) is 12.2. The number of carbonyl (C=O) groups excluding carboxylic acids is 1. The van der Waals surface area contributed by atoms with Gasteiger partial charge in [0.15, 0.2) is 0 Å². The molecule has 0 saturated heterocycles. The first kappa shape index (κ1) is 14.3. The second kappa shape index (κ2) is 5.97. The van der Waals surface area contributed by atoms with Crippen LogP contribution in [0.15, 0.2) is 16.9 Å². The number of ether oxygens (including phenoxy) is 1. The summed E-state index contributed by atoms with van der Waals surface area (Å²) in [6.07, 6.45) is 4.84.